The Kier molecular flexibility index (Phi) is 6.07. The highest BCUT2D eigenvalue weighted by molar-refractivity contribution is 6.32. The molecular formula is C24H23ClN2O5. The Hall–Kier alpha value is -3.11. The summed E-state index contributed by atoms with van der Waals surface area (Å²) >= 11 is 6.48. The van der Waals surface area contributed by atoms with Crippen LogP contribution in [-0.2, 0) is 9.59 Å². The van der Waals surface area contributed by atoms with Gasteiger partial charge < -0.3 is 14.2 Å². The highest BCUT2D eigenvalue weighted by atomic mass is 35.5. The molecule has 2 fully saturated rings. The van der Waals surface area contributed by atoms with Crippen molar-refractivity contribution >= 4 is 29.1 Å². The van der Waals surface area contributed by atoms with Crippen LogP contribution in [0.3, 0.4) is 0 Å². The van der Waals surface area contributed by atoms with Crippen LogP contribution in [0.2, 0.25) is 5.02 Å². The number of carbonyl (C=O) groups excluding carboxylic acids is 3. The first-order chi connectivity index (χ1) is 15.4. The average Bonchev–Trinajstić information content (AvgIpc) is 3.29. The molecule has 2 heterocycles. The van der Waals surface area contributed by atoms with Crippen LogP contribution in [-0.4, -0.2) is 47.7 Å². The van der Waals surface area contributed by atoms with Gasteiger partial charge in [-0.1, -0.05) is 22.7 Å². The minimum atomic E-state index is -0.943. The predicted molar refractivity (Wildman–Crippen MR) is 117 cm³/mol. The third kappa shape index (κ3) is 4.03. The molecule has 8 heteroatoms. The molecule has 1 aromatic heterocycles. The molecule has 4 rings (SSSR count). The molecule has 0 N–H and O–H groups in total. The summed E-state index contributed by atoms with van der Waals surface area (Å²) in [6.45, 7) is 2.64. The number of amides is 1. The predicted octanol–water partition coefficient (Wildman–Crippen LogP) is 3.65. The zero-order valence-corrected chi connectivity index (χ0v) is 18.7. The first-order valence-corrected chi connectivity index (χ1v) is 10.8. The van der Waals surface area contributed by atoms with Gasteiger partial charge in [0, 0.05) is 48.1 Å². The summed E-state index contributed by atoms with van der Waals surface area (Å²) in [7, 11) is 1.49. The number of benzene rings is 1. The van der Waals surface area contributed by atoms with Crippen LogP contribution >= 0.6 is 11.6 Å². The Morgan fingerprint density at radius 3 is 2.50 bits per heavy atom. The Bertz CT molecular complexity index is 1100. The first kappa shape index (κ1) is 22.1. The largest absolute Gasteiger partial charge is 0.496 e. The number of nitrogens with zero attached hydrogens (tertiary/aromatic N) is 2. The van der Waals surface area contributed by atoms with Gasteiger partial charge in [0.25, 0.3) is 5.91 Å². The second kappa shape index (κ2) is 8.79. The van der Waals surface area contributed by atoms with Gasteiger partial charge >= 0.3 is 0 Å². The first-order valence-electron chi connectivity index (χ1n) is 10.4. The quantitative estimate of drug-likeness (QED) is 0.519. The number of halogens is 1. The van der Waals surface area contributed by atoms with Gasteiger partial charge in [-0.3, -0.25) is 14.4 Å². The number of ketones is 2. The molecule has 0 unspecified atom stereocenters. The zero-order valence-electron chi connectivity index (χ0n) is 17.9. The lowest BCUT2D eigenvalue weighted by atomic mass is 9.63. The van der Waals surface area contributed by atoms with Gasteiger partial charge in [0.05, 0.1) is 7.11 Å². The molecule has 2 aliphatic rings. The van der Waals surface area contributed by atoms with Gasteiger partial charge in [0.2, 0.25) is 0 Å². The number of hydrogen-bond donors (Lipinski definition) is 0. The van der Waals surface area contributed by atoms with E-state index in [4.69, 9.17) is 20.9 Å². The average molecular weight is 455 g/mol. The standard InChI is InChI=1S/C24H23ClN2O5/c1-3-4-15-11-16(25)21(20(12-15)31-2)22-18(28)13-24(14-19(22)29)6-8-27(9-7-24)23(30)17-5-10-32-26-17/h5,10-12,22H,6-9,13-14H2,1-2H3. The van der Waals surface area contributed by atoms with Crippen LogP contribution < -0.4 is 4.74 Å². The molecule has 1 saturated heterocycles. The SMILES string of the molecule is CC#Cc1cc(Cl)c(C2C(=O)CC3(CCN(C(=O)c4ccon4)CC3)CC2=O)c(OC)c1. The number of methoxy groups -OCH3 is 1. The number of likely N-dealkylation sites (tertiary alicyclic amines) is 1. The maximum Gasteiger partial charge on any atom is 0.276 e. The lowest BCUT2D eigenvalue weighted by Crippen LogP contribution is -2.48. The van der Waals surface area contributed by atoms with Gasteiger partial charge in [0.1, 0.15) is 29.5 Å². The molecule has 1 amide bonds. The van der Waals surface area contributed by atoms with Crippen LogP contribution in [0.4, 0.5) is 0 Å². The number of carbonyl (C=O) groups is 3. The number of aromatic nitrogens is 1. The van der Waals surface area contributed by atoms with Crippen molar-refractivity contribution in [1.82, 2.24) is 10.1 Å². The normalized spacial score (nSPS) is 18.4. The van der Waals surface area contributed by atoms with Crippen LogP contribution in [0.25, 0.3) is 0 Å². The zero-order chi connectivity index (χ0) is 22.9. The van der Waals surface area contributed by atoms with Crippen LogP contribution in [0.5, 0.6) is 5.75 Å². The van der Waals surface area contributed by atoms with Crippen LogP contribution in [0, 0.1) is 17.3 Å². The Morgan fingerprint density at radius 1 is 1.25 bits per heavy atom. The van der Waals surface area contributed by atoms with Gasteiger partial charge in [-0.2, -0.15) is 0 Å². The molecular weight excluding hydrogens is 432 g/mol. The van der Waals surface area contributed by atoms with Crippen LogP contribution in [0.1, 0.15) is 60.1 Å². The summed E-state index contributed by atoms with van der Waals surface area (Å²) in [5.41, 5.74) is 0.905. The molecule has 2 aromatic rings. The summed E-state index contributed by atoms with van der Waals surface area (Å²) in [6, 6.07) is 4.89. The summed E-state index contributed by atoms with van der Waals surface area (Å²) in [5.74, 6) is 4.65. The third-order valence-corrected chi connectivity index (χ3v) is 6.69. The molecule has 1 saturated carbocycles. The summed E-state index contributed by atoms with van der Waals surface area (Å²) in [4.78, 5) is 40.7. The van der Waals surface area contributed by atoms with E-state index in [9.17, 15) is 14.4 Å². The molecule has 0 bridgehead atoms. The van der Waals surface area contributed by atoms with Gasteiger partial charge in [-0.25, -0.2) is 0 Å². The number of Topliss-reactive ketones (excluding diaryl/α,β-unsaturated/α-hetero) is 2. The summed E-state index contributed by atoms with van der Waals surface area (Å²) in [6.07, 6.45) is 3.06. The van der Waals surface area contributed by atoms with Gasteiger partial charge in [-0.05, 0) is 37.3 Å². The lowest BCUT2D eigenvalue weighted by molar-refractivity contribution is -0.138. The molecule has 7 nitrogen and oxygen atoms in total. The number of ether oxygens (including phenoxy) is 1. The van der Waals surface area contributed by atoms with E-state index in [2.05, 4.69) is 17.0 Å². The fraction of sp³-hybridized carbons (Fsp3) is 0.417. The Balaban J connectivity index is 1.52. The van der Waals surface area contributed by atoms with Crippen molar-refractivity contribution < 1.29 is 23.6 Å². The fourth-order valence-electron chi connectivity index (χ4n) is 4.79. The van der Waals surface area contributed by atoms with Crippen molar-refractivity contribution in [2.24, 2.45) is 5.41 Å². The maximum absolute atomic E-state index is 13.2. The van der Waals surface area contributed by atoms with E-state index < -0.39 is 11.3 Å². The highest BCUT2D eigenvalue weighted by Gasteiger charge is 2.48. The summed E-state index contributed by atoms with van der Waals surface area (Å²) < 4.78 is 10.2. The van der Waals surface area contributed by atoms with Crippen molar-refractivity contribution in [1.29, 1.82) is 0 Å². The van der Waals surface area contributed by atoms with E-state index >= 15 is 0 Å². The molecule has 1 aliphatic heterocycles. The minimum absolute atomic E-state index is 0.160. The molecule has 0 radical (unpaired) electrons. The van der Waals surface area contributed by atoms with E-state index in [-0.39, 0.29) is 36.0 Å². The Labute approximate surface area is 191 Å². The molecule has 1 aromatic carbocycles. The molecule has 1 aliphatic carbocycles. The smallest absolute Gasteiger partial charge is 0.276 e. The number of hydrogen-bond acceptors (Lipinski definition) is 6. The van der Waals surface area contributed by atoms with E-state index in [0.29, 0.717) is 47.8 Å². The molecule has 0 atom stereocenters. The van der Waals surface area contributed by atoms with E-state index in [1.807, 2.05) is 0 Å². The Morgan fingerprint density at radius 2 is 1.94 bits per heavy atom. The van der Waals surface area contributed by atoms with Crippen molar-refractivity contribution in [3.63, 3.8) is 0 Å². The van der Waals surface area contributed by atoms with Gasteiger partial charge in [-0.15, -0.1) is 5.92 Å². The summed E-state index contributed by atoms with van der Waals surface area (Å²) in [5, 5.41) is 4.00. The van der Waals surface area contributed by atoms with E-state index in [0.717, 1.165) is 0 Å². The lowest BCUT2D eigenvalue weighted by Gasteiger charge is -2.44. The second-order valence-corrected chi connectivity index (χ2v) is 8.75. The minimum Gasteiger partial charge on any atom is -0.496 e. The van der Waals surface area contributed by atoms with Crippen molar-refractivity contribution in [3.8, 4) is 17.6 Å². The monoisotopic (exact) mass is 454 g/mol. The number of piperidine rings is 1. The topological polar surface area (TPSA) is 89.7 Å². The maximum atomic E-state index is 13.2. The third-order valence-electron chi connectivity index (χ3n) is 6.38. The molecule has 32 heavy (non-hydrogen) atoms. The molecule has 1 spiro atoms. The van der Waals surface area contributed by atoms with Gasteiger partial charge in [0.15, 0.2) is 5.69 Å². The fourth-order valence-corrected chi connectivity index (χ4v) is 5.11. The van der Waals surface area contributed by atoms with Crippen molar-refractivity contribution in [2.75, 3.05) is 20.2 Å². The van der Waals surface area contributed by atoms with Crippen LogP contribution in [0.15, 0.2) is 29.0 Å². The van der Waals surface area contributed by atoms with E-state index in [1.165, 1.54) is 19.4 Å². The second-order valence-electron chi connectivity index (χ2n) is 8.35. The highest BCUT2D eigenvalue weighted by Crippen LogP contribution is 2.48. The molecule has 166 valence electrons. The van der Waals surface area contributed by atoms with E-state index in [1.54, 1.807) is 24.0 Å². The van der Waals surface area contributed by atoms with Crippen molar-refractivity contribution in [3.05, 3.63) is 46.3 Å². The van der Waals surface area contributed by atoms with Crippen molar-refractivity contribution in [2.45, 2.75) is 38.5 Å². The number of rotatable bonds is 3.